The minimum atomic E-state index is 0.0538. The molecule has 154 valence electrons. The Morgan fingerprint density at radius 3 is 2.62 bits per heavy atom. The number of phenols is 1. The van der Waals surface area contributed by atoms with Crippen molar-refractivity contribution in [2.45, 2.75) is 56.1 Å². The van der Waals surface area contributed by atoms with Crippen molar-refractivity contribution >= 4 is 17.5 Å². The number of nitrogens with zero attached hydrogens (tertiary/aromatic N) is 2. The molecule has 6 heteroatoms. The second-order valence-corrected chi connectivity index (χ2v) is 9.92. The Labute approximate surface area is 177 Å². The highest BCUT2D eigenvalue weighted by Gasteiger charge is 2.42. The number of thioether (sulfide) groups is 1. The number of phenolic OH excluding ortho intramolecular Hbond substituents is 1. The number of methoxy groups -OCH3 is 1. The average molecular weight is 412 g/mol. The minimum Gasteiger partial charge on any atom is -0.504 e. The van der Waals surface area contributed by atoms with Gasteiger partial charge in [-0.05, 0) is 36.2 Å². The third-order valence-corrected chi connectivity index (χ3v) is 6.78. The van der Waals surface area contributed by atoms with Gasteiger partial charge < -0.3 is 9.84 Å². The Kier molecular flexibility index (Phi) is 5.49. The highest BCUT2D eigenvalue weighted by molar-refractivity contribution is 7.99. The highest BCUT2D eigenvalue weighted by atomic mass is 32.2. The molecule has 0 spiro atoms. The summed E-state index contributed by atoms with van der Waals surface area (Å²) in [6.45, 7) is 6.68. The first-order valence-corrected chi connectivity index (χ1v) is 10.9. The lowest BCUT2D eigenvalue weighted by atomic mass is 9.87. The Balaban J connectivity index is 1.63. The smallest absolute Gasteiger partial charge is 0.160 e. The fraction of sp³-hybridized carbons (Fsp3) is 0.435. The van der Waals surface area contributed by atoms with Gasteiger partial charge in [0.1, 0.15) is 11.5 Å². The van der Waals surface area contributed by atoms with Crippen LogP contribution >= 0.6 is 11.8 Å². The zero-order valence-corrected chi connectivity index (χ0v) is 18.2. The van der Waals surface area contributed by atoms with Gasteiger partial charge in [0.25, 0.3) is 0 Å². The van der Waals surface area contributed by atoms with E-state index in [2.05, 4.69) is 55.4 Å². The SMILES string of the molecule is COc1cc(C2CC(Sc3ccccc3)N3N=C(C(C)(C)C)CC3N2)ccc1O. The van der Waals surface area contributed by atoms with Gasteiger partial charge in [0.2, 0.25) is 0 Å². The number of hydrogen-bond donors (Lipinski definition) is 2. The fourth-order valence-corrected chi connectivity index (χ4v) is 5.11. The van der Waals surface area contributed by atoms with Crippen LogP contribution < -0.4 is 10.1 Å². The molecular formula is C23H29N3O2S. The number of rotatable bonds is 4. The Bertz CT molecular complexity index is 895. The van der Waals surface area contributed by atoms with Crippen molar-refractivity contribution < 1.29 is 9.84 Å². The molecule has 0 saturated carbocycles. The lowest BCUT2D eigenvalue weighted by Crippen LogP contribution is -2.52. The predicted octanol–water partition coefficient (Wildman–Crippen LogP) is 4.99. The number of fused-ring (bicyclic) bond motifs is 1. The molecule has 0 radical (unpaired) electrons. The van der Waals surface area contributed by atoms with Crippen LogP contribution in [0.3, 0.4) is 0 Å². The monoisotopic (exact) mass is 411 g/mol. The van der Waals surface area contributed by atoms with Crippen LogP contribution in [0.2, 0.25) is 0 Å². The van der Waals surface area contributed by atoms with Crippen molar-refractivity contribution in [3.63, 3.8) is 0 Å². The maximum Gasteiger partial charge on any atom is 0.160 e. The first-order valence-electron chi connectivity index (χ1n) is 10.1. The van der Waals surface area contributed by atoms with Crippen LogP contribution in [-0.2, 0) is 0 Å². The van der Waals surface area contributed by atoms with Crippen LogP contribution in [0.4, 0.5) is 0 Å². The van der Waals surface area contributed by atoms with E-state index in [4.69, 9.17) is 9.84 Å². The number of hydrazone groups is 1. The quantitative estimate of drug-likeness (QED) is 0.742. The molecule has 2 heterocycles. The van der Waals surface area contributed by atoms with Gasteiger partial charge in [0.05, 0.1) is 7.11 Å². The second kappa shape index (κ2) is 7.92. The third kappa shape index (κ3) is 4.23. The Morgan fingerprint density at radius 1 is 1.17 bits per heavy atom. The molecule has 1 saturated heterocycles. The van der Waals surface area contributed by atoms with E-state index in [1.807, 2.05) is 30.0 Å². The highest BCUT2D eigenvalue weighted by Crippen LogP contribution is 2.42. The molecule has 0 amide bonds. The van der Waals surface area contributed by atoms with Crippen molar-refractivity contribution in [3.8, 4) is 11.5 Å². The molecule has 5 nitrogen and oxygen atoms in total. The summed E-state index contributed by atoms with van der Waals surface area (Å²) >= 11 is 1.86. The van der Waals surface area contributed by atoms with Gasteiger partial charge in [-0.2, -0.15) is 5.10 Å². The van der Waals surface area contributed by atoms with Gasteiger partial charge in [-0.25, -0.2) is 0 Å². The van der Waals surface area contributed by atoms with E-state index >= 15 is 0 Å². The molecule has 4 rings (SSSR count). The molecule has 2 aliphatic rings. The summed E-state index contributed by atoms with van der Waals surface area (Å²) in [6, 6.07) is 16.3. The lowest BCUT2D eigenvalue weighted by molar-refractivity contribution is 0.110. The molecule has 3 unspecified atom stereocenters. The van der Waals surface area contributed by atoms with Crippen LogP contribution in [0.15, 0.2) is 58.5 Å². The number of nitrogens with one attached hydrogen (secondary N) is 1. The van der Waals surface area contributed by atoms with E-state index in [9.17, 15) is 5.11 Å². The van der Waals surface area contributed by atoms with Crippen molar-refractivity contribution in [1.82, 2.24) is 10.3 Å². The molecule has 0 aromatic heterocycles. The lowest BCUT2D eigenvalue weighted by Gasteiger charge is -2.41. The topological polar surface area (TPSA) is 57.1 Å². The third-order valence-electron chi connectivity index (χ3n) is 5.56. The van der Waals surface area contributed by atoms with E-state index in [1.165, 1.54) is 10.6 Å². The zero-order chi connectivity index (χ0) is 20.6. The fourth-order valence-electron chi connectivity index (χ4n) is 3.89. The molecule has 0 bridgehead atoms. The van der Waals surface area contributed by atoms with Crippen molar-refractivity contribution in [2.24, 2.45) is 10.5 Å². The van der Waals surface area contributed by atoms with Gasteiger partial charge >= 0.3 is 0 Å². The van der Waals surface area contributed by atoms with Crippen LogP contribution in [0.25, 0.3) is 0 Å². The van der Waals surface area contributed by atoms with Crippen LogP contribution in [-0.4, -0.2) is 34.5 Å². The summed E-state index contributed by atoms with van der Waals surface area (Å²) in [5, 5.41) is 21.3. The number of ether oxygens (including phenoxy) is 1. The van der Waals surface area contributed by atoms with Gasteiger partial charge in [0.15, 0.2) is 11.5 Å². The molecule has 2 aromatic carbocycles. The minimum absolute atomic E-state index is 0.0538. The Hall–Kier alpha value is -2.18. The first-order chi connectivity index (χ1) is 13.8. The van der Waals surface area contributed by atoms with E-state index in [-0.39, 0.29) is 28.7 Å². The summed E-state index contributed by atoms with van der Waals surface area (Å²) in [4.78, 5) is 1.25. The largest absolute Gasteiger partial charge is 0.504 e. The zero-order valence-electron chi connectivity index (χ0n) is 17.4. The maximum absolute atomic E-state index is 9.98. The Morgan fingerprint density at radius 2 is 1.93 bits per heavy atom. The standard InChI is InChI=1S/C23H29N3O2S/c1-23(2,3)20-14-21-24-17(15-10-11-18(27)19(12-15)28-4)13-22(26(21)25-20)29-16-8-6-5-7-9-16/h5-12,17,21-22,24,27H,13-14H2,1-4H3. The summed E-state index contributed by atoms with van der Waals surface area (Å²) in [6.07, 6.45) is 2.00. The van der Waals surface area contributed by atoms with Crippen LogP contribution in [0.5, 0.6) is 11.5 Å². The molecule has 2 aromatic rings. The summed E-state index contributed by atoms with van der Waals surface area (Å²) < 4.78 is 5.33. The van der Waals surface area contributed by atoms with E-state index < -0.39 is 0 Å². The maximum atomic E-state index is 9.98. The van der Waals surface area contributed by atoms with Crippen LogP contribution in [0.1, 0.15) is 45.2 Å². The normalized spacial score (nSPS) is 24.2. The molecular weight excluding hydrogens is 382 g/mol. The second-order valence-electron chi connectivity index (χ2n) is 8.67. The molecule has 2 aliphatic heterocycles. The molecule has 29 heavy (non-hydrogen) atoms. The molecule has 1 fully saturated rings. The molecule has 3 atom stereocenters. The van der Waals surface area contributed by atoms with Crippen molar-refractivity contribution in [2.75, 3.05) is 7.11 Å². The average Bonchev–Trinajstić information content (AvgIpc) is 3.14. The molecule has 2 N–H and O–H groups in total. The number of aromatic hydroxyl groups is 1. The van der Waals surface area contributed by atoms with Crippen molar-refractivity contribution in [1.29, 1.82) is 0 Å². The summed E-state index contributed by atoms with van der Waals surface area (Å²) in [5.41, 5.74) is 2.41. The number of hydrogen-bond acceptors (Lipinski definition) is 6. The predicted molar refractivity (Wildman–Crippen MR) is 118 cm³/mol. The van der Waals surface area contributed by atoms with Crippen molar-refractivity contribution in [3.05, 3.63) is 54.1 Å². The summed E-state index contributed by atoms with van der Waals surface area (Å²) in [5.74, 6) is 0.681. The van der Waals surface area contributed by atoms with Gasteiger partial charge in [-0.3, -0.25) is 10.3 Å². The van der Waals surface area contributed by atoms with Gasteiger partial charge in [-0.1, -0.05) is 56.8 Å². The van der Waals surface area contributed by atoms with E-state index in [0.717, 1.165) is 18.4 Å². The van der Waals surface area contributed by atoms with Crippen LogP contribution in [0, 0.1) is 5.41 Å². The van der Waals surface area contributed by atoms with Gasteiger partial charge in [-0.15, -0.1) is 0 Å². The summed E-state index contributed by atoms with van der Waals surface area (Å²) in [7, 11) is 1.59. The van der Waals surface area contributed by atoms with E-state index in [0.29, 0.717) is 5.75 Å². The first kappa shape index (κ1) is 20.1. The van der Waals surface area contributed by atoms with E-state index in [1.54, 1.807) is 13.2 Å². The number of benzene rings is 2. The van der Waals surface area contributed by atoms with Gasteiger partial charge in [0, 0.05) is 28.5 Å². The molecule has 0 aliphatic carbocycles.